The molecule has 0 bridgehead atoms. The molecule has 8 aromatic carbocycles. The minimum atomic E-state index is 1.12. The van der Waals surface area contributed by atoms with E-state index in [0.29, 0.717) is 0 Å². The maximum absolute atomic E-state index is 2.39. The summed E-state index contributed by atoms with van der Waals surface area (Å²) in [6.45, 7) is 4.41. The zero-order valence-electron chi connectivity index (χ0n) is 29.8. The minimum absolute atomic E-state index is 1.12. The highest BCUT2D eigenvalue weighted by molar-refractivity contribution is 7.25. The van der Waals surface area contributed by atoms with Crippen molar-refractivity contribution in [2.75, 3.05) is 9.80 Å². The number of benzene rings is 8. The molecule has 0 N–H and O–H groups in total. The molecule has 0 aliphatic carbocycles. The van der Waals surface area contributed by atoms with Gasteiger partial charge in [-0.1, -0.05) is 115 Å². The summed E-state index contributed by atoms with van der Waals surface area (Å²) in [5.74, 6) is 0. The Morgan fingerprint density at radius 1 is 0.321 bits per heavy atom. The second kappa shape index (κ2) is 14.0. The SMILES string of the molecule is Cc1ccccc1-c1ccc(N(c2ccc(-c3ccc(N(c4ccccc4)c4ccccc4)cc3)cc2)c2ccc3c(c2)sc2ccccc23)cc1C. The van der Waals surface area contributed by atoms with E-state index in [9.17, 15) is 0 Å². The maximum atomic E-state index is 2.39. The zero-order valence-corrected chi connectivity index (χ0v) is 30.6. The van der Waals surface area contributed by atoms with Gasteiger partial charge in [-0.3, -0.25) is 0 Å². The summed E-state index contributed by atoms with van der Waals surface area (Å²) in [5.41, 5.74) is 14.2. The van der Waals surface area contributed by atoms with Crippen molar-refractivity contribution in [1.82, 2.24) is 0 Å². The molecule has 0 atom stereocenters. The van der Waals surface area contributed by atoms with Crippen LogP contribution >= 0.6 is 11.3 Å². The van der Waals surface area contributed by atoms with Crippen molar-refractivity contribution in [1.29, 1.82) is 0 Å². The molecule has 254 valence electrons. The second-order valence-corrected chi connectivity index (χ2v) is 14.6. The number of anilines is 6. The van der Waals surface area contributed by atoms with Gasteiger partial charge in [-0.2, -0.15) is 0 Å². The number of rotatable bonds is 8. The molecule has 9 aromatic rings. The summed E-state index contributed by atoms with van der Waals surface area (Å²) in [6, 6.07) is 70.1. The Balaban J connectivity index is 1.09. The van der Waals surface area contributed by atoms with Crippen LogP contribution in [0.15, 0.2) is 194 Å². The van der Waals surface area contributed by atoms with Crippen molar-refractivity contribution in [2.45, 2.75) is 13.8 Å². The van der Waals surface area contributed by atoms with Crippen LogP contribution in [0.3, 0.4) is 0 Å². The van der Waals surface area contributed by atoms with Crippen molar-refractivity contribution in [3.05, 3.63) is 205 Å². The summed E-state index contributed by atoms with van der Waals surface area (Å²) >= 11 is 1.86. The van der Waals surface area contributed by atoms with E-state index < -0.39 is 0 Å². The van der Waals surface area contributed by atoms with Crippen LogP contribution in [0.1, 0.15) is 11.1 Å². The molecule has 0 saturated carbocycles. The topological polar surface area (TPSA) is 6.48 Å². The average Bonchev–Trinajstić information content (AvgIpc) is 3.58. The lowest BCUT2D eigenvalue weighted by Crippen LogP contribution is -2.10. The molecular weight excluding hydrogens is 661 g/mol. The monoisotopic (exact) mass is 698 g/mol. The van der Waals surface area contributed by atoms with E-state index >= 15 is 0 Å². The number of para-hydroxylation sites is 2. The number of hydrogen-bond acceptors (Lipinski definition) is 3. The van der Waals surface area contributed by atoms with E-state index in [0.717, 1.165) is 34.1 Å². The molecule has 0 saturated heterocycles. The van der Waals surface area contributed by atoms with Crippen LogP contribution in [0.5, 0.6) is 0 Å². The second-order valence-electron chi connectivity index (χ2n) is 13.5. The Kier molecular flexibility index (Phi) is 8.55. The van der Waals surface area contributed by atoms with E-state index in [2.05, 4.69) is 218 Å². The summed E-state index contributed by atoms with van der Waals surface area (Å²) in [6.07, 6.45) is 0. The third-order valence-corrected chi connectivity index (χ3v) is 11.3. The molecule has 53 heavy (non-hydrogen) atoms. The van der Waals surface area contributed by atoms with Gasteiger partial charge in [0.15, 0.2) is 0 Å². The molecule has 9 rings (SSSR count). The fourth-order valence-corrected chi connectivity index (χ4v) is 8.61. The molecule has 0 spiro atoms. The van der Waals surface area contributed by atoms with Gasteiger partial charge in [0.2, 0.25) is 0 Å². The van der Waals surface area contributed by atoms with Crippen molar-refractivity contribution in [2.24, 2.45) is 0 Å². The molecule has 2 nitrogen and oxygen atoms in total. The molecule has 1 heterocycles. The van der Waals surface area contributed by atoms with Gasteiger partial charge in [0.1, 0.15) is 0 Å². The van der Waals surface area contributed by atoms with Crippen LogP contribution in [-0.2, 0) is 0 Å². The van der Waals surface area contributed by atoms with Gasteiger partial charge in [-0.25, -0.2) is 0 Å². The highest BCUT2D eigenvalue weighted by Gasteiger charge is 2.17. The Hall–Kier alpha value is -6.42. The first kappa shape index (κ1) is 32.5. The number of aryl methyl sites for hydroxylation is 2. The molecule has 0 amide bonds. The van der Waals surface area contributed by atoms with Gasteiger partial charge in [-0.15, -0.1) is 11.3 Å². The highest BCUT2D eigenvalue weighted by atomic mass is 32.1. The largest absolute Gasteiger partial charge is 0.311 e. The van der Waals surface area contributed by atoms with Crippen LogP contribution in [0.4, 0.5) is 34.1 Å². The van der Waals surface area contributed by atoms with Crippen LogP contribution in [-0.4, -0.2) is 0 Å². The van der Waals surface area contributed by atoms with Gasteiger partial charge in [0.25, 0.3) is 0 Å². The fraction of sp³-hybridized carbons (Fsp3) is 0.0400. The molecule has 1 aromatic heterocycles. The molecule has 3 heteroatoms. The van der Waals surface area contributed by atoms with Gasteiger partial charge in [0.05, 0.1) is 0 Å². The van der Waals surface area contributed by atoms with Crippen molar-refractivity contribution >= 4 is 65.6 Å². The van der Waals surface area contributed by atoms with Crippen LogP contribution < -0.4 is 9.80 Å². The lowest BCUT2D eigenvalue weighted by molar-refractivity contribution is 1.27. The summed E-state index contributed by atoms with van der Waals surface area (Å²) < 4.78 is 2.61. The van der Waals surface area contributed by atoms with E-state index in [1.807, 2.05) is 11.3 Å². The average molecular weight is 699 g/mol. The van der Waals surface area contributed by atoms with E-state index in [1.54, 1.807) is 0 Å². The van der Waals surface area contributed by atoms with Crippen LogP contribution in [0, 0.1) is 13.8 Å². The van der Waals surface area contributed by atoms with Gasteiger partial charge in [-0.05, 0) is 126 Å². The fourth-order valence-electron chi connectivity index (χ4n) is 7.47. The number of nitrogens with zero attached hydrogens (tertiary/aromatic N) is 2. The standard InChI is InChI=1S/C50H38N2S/c1-35-13-9-10-18-45(35)46-31-29-43(33-36(46)2)52(44-30-32-48-47-19-11-12-20-49(47)53-50(48)34-44)42-27-23-38(24-28-42)37-21-25-41(26-22-37)51(39-14-5-3-6-15-39)40-16-7-4-8-17-40/h3-34H,1-2H3. The van der Waals surface area contributed by atoms with Crippen molar-refractivity contribution in [3.8, 4) is 22.3 Å². The lowest BCUT2D eigenvalue weighted by Gasteiger charge is -2.27. The highest BCUT2D eigenvalue weighted by Crippen LogP contribution is 2.42. The van der Waals surface area contributed by atoms with E-state index in [1.165, 1.54) is 53.6 Å². The quantitative estimate of drug-likeness (QED) is 0.156. The first-order valence-corrected chi connectivity index (χ1v) is 18.9. The number of fused-ring (bicyclic) bond motifs is 3. The normalized spacial score (nSPS) is 11.2. The van der Waals surface area contributed by atoms with Crippen molar-refractivity contribution in [3.63, 3.8) is 0 Å². The van der Waals surface area contributed by atoms with Crippen LogP contribution in [0.2, 0.25) is 0 Å². The molecule has 0 aliphatic heterocycles. The Morgan fingerprint density at radius 3 is 1.40 bits per heavy atom. The summed E-state index contributed by atoms with van der Waals surface area (Å²) in [5, 5.41) is 2.62. The predicted octanol–water partition coefficient (Wildman–Crippen LogP) is 14.9. The van der Waals surface area contributed by atoms with Crippen molar-refractivity contribution < 1.29 is 0 Å². The smallest absolute Gasteiger partial charge is 0.0476 e. The Bertz CT molecular complexity index is 2640. The van der Waals surface area contributed by atoms with Crippen LogP contribution in [0.25, 0.3) is 42.4 Å². The minimum Gasteiger partial charge on any atom is -0.311 e. The number of hydrogen-bond donors (Lipinski definition) is 0. The van der Waals surface area contributed by atoms with Gasteiger partial charge in [0, 0.05) is 54.3 Å². The molecule has 0 unspecified atom stereocenters. The zero-order chi connectivity index (χ0) is 35.7. The Morgan fingerprint density at radius 2 is 0.774 bits per heavy atom. The van der Waals surface area contributed by atoms with E-state index in [-0.39, 0.29) is 0 Å². The predicted molar refractivity (Wildman–Crippen MR) is 229 cm³/mol. The van der Waals surface area contributed by atoms with Gasteiger partial charge >= 0.3 is 0 Å². The number of thiophene rings is 1. The first-order chi connectivity index (χ1) is 26.1. The van der Waals surface area contributed by atoms with Gasteiger partial charge < -0.3 is 9.80 Å². The molecule has 0 radical (unpaired) electrons. The van der Waals surface area contributed by atoms with E-state index in [4.69, 9.17) is 0 Å². The molecule has 0 fully saturated rings. The lowest BCUT2D eigenvalue weighted by atomic mass is 9.96. The third-order valence-electron chi connectivity index (χ3n) is 10.1. The summed E-state index contributed by atoms with van der Waals surface area (Å²) in [4.78, 5) is 4.69. The summed E-state index contributed by atoms with van der Waals surface area (Å²) in [7, 11) is 0. The molecule has 0 aliphatic rings. The first-order valence-electron chi connectivity index (χ1n) is 18.1. The Labute approximate surface area is 315 Å². The third kappa shape index (κ3) is 6.26. The molecular formula is C50H38N2S. The maximum Gasteiger partial charge on any atom is 0.0476 e.